The standard InChI is InChI=1S/C11H13ClN2O5S/c1-20(18,19)5-3-8(11(16)17)14-10(15)9-6-7(12)2-4-13-9/h2,4,6,8H,3,5H2,1H3,(H,14,15)(H,16,17). The first-order chi connectivity index (χ1) is 9.19. The maximum Gasteiger partial charge on any atom is 0.326 e. The van der Waals surface area contributed by atoms with Gasteiger partial charge in [-0.25, -0.2) is 13.2 Å². The highest BCUT2D eigenvalue weighted by molar-refractivity contribution is 7.90. The second kappa shape index (κ2) is 6.67. The van der Waals surface area contributed by atoms with Gasteiger partial charge in [0.05, 0.1) is 5.75 Å². The Balaban J connectivity index is 2.75. The minimum absolute atomic E-state index is 0.0388. The Morgan fingerprint density at radius 3 is 2.65 bits per heavy atom. The van der Waals surface area contributed by atoms with Crippen molar-refractivity contribution in [1.82, 2.24) is 10.3 Å². The van der Waals surface area contributed by atoms with E-state index in [1.54, 1.807) is 0 Å². The number of hydrogen-bond acceptors (Lipinski definition) is 5. The number of hydrogen-bond donors (Lipinski definition) is 2. The molecule has 0 aliphatic heterocycles. The normalized spacial score (nSPS) is 12.7. The van der Waals surface area contributed by atoms with Gasteiger partial charge in [-0.05, 0) is 18.6 Å². The van der Waals surface area contributed by atoms with Crippen molar-refractivity contribution < 1.29 is 23.1 Å². The minimum Gasteiger partial charge on any atom is -0.480 e. The number of amides is 1. The monoisotopic (exact) mass is 320 g/mol. The molecule has 0 bridgehead atoms. The zero-order valence-electron chi connectivity index (χ0n) is 10.5. The fourth-order valence-corrected chi connectivity index (χ4v) is 2.17. The van der Waals surface area contributed by atoms with Crippen molar-refractivity contribution in [3.05, 3.63) is 29.0 Å². The Morgan fingerprint density at radius 1 is 1.50 bits per heavy atom. The lowest BCUT2D eigenvalue weighted by molar-refractivity contribution is -0.139. The summed E-state index contributed by atoms with van der Waals surface area (Å²) in [7, 11) is -3.31. The van der Waals surface area contributed by atoms with Gasteiger partial charge in [0.25, 0.3) is 5.91 Å². The maximum absolute atomic E-state index is 11.8. The molecule has 0 aromatic carbocycles. The van der Waals surface area contributed by atoms with Gasteiger partial charge in [0.15, 0.2) is 0 Å². The van der Waals surface area contributed by atoms with Crippen LogP contribution in [0.2, 0.25) is 5.02 Å². The molecule has 0 saturated carbocycles. The molecule has 110 valence electrons. The average molecular weight is 321 g/mol. The van der Waals surface area contributed by atoms with E-state index in [4.69, 9.17) is 16.7 Å². The van der Waals surface area contributed by atoms with E-state index in [1.807, 2.05) is 0 Å². The van der Waals surface area contributed by atoms with E-state index in [2.05, 4.69) is 10.3 Å². The number of nitrogens with one attached hydrogen (secondary N) is 1. The molecule has 1 rings (SSSR count). The van der Waals surface area contributed by atoms with Crippen LogP contribution >= 0.6 is 11.6 Å². The van der Waals surface area contributed by atoms with Crippen molar-refractivity contribution in [2.45, 2.75) is 12.5 Å². The van der Waals surface area contributed by atoms with Gasteiger partial charge >= 0.3 is 5.97 Å². The third-order valence-corrected chi connectivity index (χ3v) is 3.55. The van der Waals surface area contributed by atoms with Crippen LogP contribution in [0.3, 0.4) is 0 Å². The summed E-state index contributed by atoms with van der Waals surface area (Å²) in [5.41, 5.74) is -0.0388. The molecule has 0 aliphatic carbocycles. The van der Waals surface area contributed by atoms with Crippen LogP contribution in [0.25, 0.3) is 0 Å². The lowest BCUT2D eigenvalue weighted by Gasteiger charge is -2.13. The van der Waals surface area contributed by atoms with Crippen LogP contribution in [0.15, 0.2) is 18.3 Å². The Labute approximate surface area is 120 Å². The number of aromatic nitrogens is 1. The van der Waals surface area contributed by atoms with Crippen molar-refractivity contribution >= 4 is 33.3 Å². The number of rotatable bonds is 6. The van der Waals surface area contributed by atoms with Crippen molar-refractivity contribution in [2.24, 2.45) is 0 Å². The van der Waals surface area contributed by atoms with Crippen LogP contribution in [-0.4, -0.2) is 48.4 Å². The summed E-state index contributed by atoms with van der Waals surface area (Å²) in [6.45, 7) is 0. The molecular formula is C11H13ClN2O5S. The summed E-state index contributed by atoms with van der Waals surface area (Å²) in [6, 6.07) is 1.45. The zero-order chi connectivity index (χ0) is 15.3. The SMILES string of the molecule is CS(=O)(=O)CCC(NC(=O)c1cc(Cl)ccn1)C(=O)O. The first kappa shape index (κ1) is 16.4. The molecule has 9 heteroatoms. The van der Waals surface area contributed by atoms with E-state index < -0.39 is 27.8 Å². The topological polar surface area (TPSA) is 113 Å². The number of pyridine rings is 1. The summed E-state index contributed by atoms with van der Waals surface area (Å²) in [6.07, 6.45) is 2.08. The number of carboxylic acid groups (broad SMARTS) is 1. The average Bonchev–Trinajstić information content (AvgIpc) is 2.32. The number of carboxylic acids is 1. The predicted octanol–water partition coefficient (Wildman–Crippen LogP) is 0.353. The van der Waals surface area contributed by atoms with Gasteiger partial charge in [-0.15, -0.1) is 0 Å². The van der Waals surface area contributed by atoms with Crippen LogP contribution in [0, 0.1) is 0 Å². The van der Waals surface area contributed by atoms with Crippen LogP contribution in [0.5, 0.6) is 0 Å². The lowest BCUT2D eigenvalue weighted by atomic mass is 10.2. The highest BCUT2D eigenvalue weighted by Gasteiger charge is 2.22. The zero-order valence-corrected chi connectivity index (χ0v) is 12.1. The summed E-state index contributed by atoms with van der Waals surface area (Å²) < 4.78 is 22.0. The van der Waals surface area contributed by atoms with Gasteiger partial charge in [-0.3, -0.25) is 9.78 Å². The van der Waals surface area contributed by atoms with Crippen LogP contribution < -0.4 is 5.32 Å². The number of carbonyl (C=O) groups excluding carboxylic acids is 1. The molecule has 2 N–H and O–H groups in total. The van der Waals surface area contributed by atoms with E-state index >= 15 is 0 Å². The molecule has 0 fully saturated rings. The second-order valence-corrected chi connectivity index (χ2v) is 6.84. The van der Waals surface area contributed by atoms with Gasteiger partial charge in [0.2, 0.25) is 0 Å². The summed E-state index contributed by atoms with van der Waals surface area (Å²) in [5.74, 6) is -2.38. The predicted molar refractivity (Wildman–Crippen MR) is 72.5 cm³/mol. The smallest absolute Gasteiger partial charge is 0.326 e. The number of nitrogens with zero attached hydrogens (tertiary/aromatic N) is 1. The first-order valence-electron chi connectivity index (χ1n) is 5.52. The highest BCUT2D eigenvalue weighted by atomic mass is 35.5. The van der Waals surface area contributed by atoms with Crippen LogP contribution in [0.4, 0.5) is 0 Å². The summed E-state index contributed by atoms with van der Waals surface area (Å²) >= 11 is 5.69. The number of sulfone groups is 1. The summed E-state index contributed by atoms with van der Waals surface area (Å²) in [5, 5.41) is 11.5. The second-order valence-electron chi connectivity index (χ2n) is 4.14. The number of aliphatic carboxylic acids is 1. The molecule has 1 aromatic rings. The summed E-state index contributed by atoms with van der Waals surface area (Å²) in [4.78, 5) is 26.5. The van der Waals surface area contributed by atoms with Gasteiger partial charge in [0.1, 0.15) is 21.6 Å². The molecule has 1 aromatic heterocycles. The Kier molecular flexibility index (Phi) is 5.46. The fourth-order valence-electron chi connectivity index (χ4n) is 1.35. The van der Waals surface area contributed by atoms with Gasteiger partial charge in [-0.2, -0.15) is 0 Å². The molecule has 1 atom stereocenters. The van der Waals surface area contributed by atoms with Crippen molar-refractivity contribution in [3.8, 4) is 0 Å². The molecule has 0 spiro atoms. The largest absolute Gasteiger partial charge is 0.480 e. The third-order valence-electron chi connectivity index (χ3n) is 2.34. The maximum atomic E-state index is 11.8. The van der Waals surface area contributed by atoms with Gasteiger partial charge in [-0.1, -0.05) is 11.6 Å². The fraction of sp³-hybridized carbons (Fsp3) is 0.364. The number of carbonyl (C=O) groups is 2. The van der Waals surface area contributed by atoms with Crippen molar-refractivity contribution in [3.63, 3.8) is 0 Å². The van der Waals surface area contributed by atoms with E-state index in [0.29, 0.717) is 0 Å². The Hall–Kier alpha value is -1.67. The molecule has 20 heavy (non-hydrogen) atoms. The molecule has 7 nitrogen and oxygen atoms in total. The highest BCUT2D eigenvalue weighted by Crippen LogP contribution is 2.08. The van der Waals surface area contributed by atoms with Gasteiger partial charge < -0.3 is 10.4 Å². The number of halogens is 1. The van der Waals surface area contributed by atoms with E-state index in [-0.39, 0.29) is 22.9 Å². The van der Waals surface area contributed by atoms with Crippen LogP contribution in [0.1, 0.15) is 16.9 Å². The quantitative estimate of drug-likeness (QED) is 0.782. The van der Waals surface area contributed by atoms with Crippen LogP contribution in [-0.2, 0) is 14.6 Å². The first-order valence-corrected chi connectivity index (χ1v) is 7.96. The third kappa shape index (κ3) is 5.54. The lowest BCUT2D eigenvalue weighted by Crippen LogP contribution is -2.42. The Morgan fingerprint density at radius 2 is 2.15 bits per heavy atom. The molecule has 0 aliphatic rings. The van der Waals surface area contributed by atoms with Crippen molar-refractivity contribution in [1.29, 1.82) is 0 Å². The van der Waals surface area contributed by atoms with E-state index in [1.165, 1.54) is 18.3 Å². The van der Waals surface area contributed by atoms with Gasteiger partial charge in [0, 0.05) is 17.5 Å². The molecule has 1 heterocycles. The molecule has 1 unspecified atom stereocenters. The van der Waals surface area contributed by atoms with E-state index in [0.717, 1.165) is 6.26 Å². The Bertz CT molecular complexity index is 617. The van der Waals surface area contributed by atoms with Crippen molar-refractivity contribution in [2.75, 3.05) is 12.0 Å². The molecule has 1 amide bonds. The molecule has 0 radical (unpaired) electrons. The molecule has 0 saturated heterocycles. The molecular weight excluding hydrogens is 308 g/mol. The minimum atomic E-state index is -3.31. The van der Waals surface area contributed by atoms with E-state index in [9.17, 15) is 18.0 Å².